The molecule has 1 unspecified atom stereocenters. The number of nitrogens with zero attached hydrogens (tertiary/aromatic N) is 1. The Morgan fingerprint density at radius 3 is 2.53 bits per heavy atom. The number of hydrogen-bond acceptors (Lipinski definition) is 5. The van der Waals surface area contributed by atoms with Crippen molar-refractivity contribution in [1.29, 1.82) is 0 Å². The summed E-state index contributed by atoms with van der Waals surface area (Å²) in [6.45, 7) is 9.21. The van der Waals surface area contributed by atoms with E-state index in [4.69, 9.17) is 20.3 Å². The lowest BCUT2D eigenvalue weighted by atomic mass is 9.87. The molecule has 1 aromatic carbocycles. The molecule has 0 radical (unpaired) electrons. The predicted octanol–water partition coefficient (Wildman–Crippen LogP) is 3.66. The maximum Gasteiger partial charge on any atom is 0.256 e. The second-order valence-electron chi connectivity index (χ2n) is 7.37. The molecular formula is C24H34N2O4. The molecule has 0 saturated heterocycles. The van der Waals surface area contributed by atoms with Gasteiger partial charge in [0.15, 0.2) is 11.5 Å². The standard InChI is InChI=1S/C22H28N2O3.C2H6O/c1-5-22(3,16-11-12-18(26-4)19(13-16)27-6-2)24-14-15-9-7-8-10-17(23)20(15)21(24)25;1-2-3/h7-8,10-13H,5-6,9,14,23H2,1-4H3;3H,2H2,1H3. The van der Waals surface area contributed by atoms with Gasteiger partial charge in [0.2, 0.25) is 0 Å². The van der Waals surface area contributed by atoms with Crippen molar-refractivity contribution < 1.29 is 19.4 Å². The number of methoxy groups -OCH3 is 1. The summed E-state index contributed by atoms with van der Waals surface area (Å²) in [5.41, 5.74) is 9.02. The molecule has 30 heavy (non-hydrogen) atoms. The van der Waals surface area contributed by atoms with Gasteiger partial charge in [-0.2, -0.15) is 0 Å². The summed E-state index contributed by atoms with van der Waals surface area (Å²) in [4.78, 5) is 15.2. The van der Waals surface area contributed by atoms with Crippen LogP contribution in [-0.4, -0.2) is 42.8 Å². The molecule has 1 aliphatic heterocycles. The van der Waals surface area contributed by atoms with Crippen LogP contribution in [0.4, 0.5) is 0 Å². The predicted molar refractivity (Wildman–Crippen MR) is 119 cm³/mol. The molecule has 1 aromatic rings. The first-order valence-corrected chi connectivity index (χ1v) is 10.5. The number of ether oxygens (including phenoxy) is 2. The van der Waals surface area contributed by atoms with E-state index >= 15 is 0 Å². The number of carbonyl (C=O) groups excluding carboxylic acids is 1. The van der Waals surface area contributed by atoms with Crippen molar-refractivity contribution >= 4 is 5.91 Å². The summed E-state index contributed by atoms with van der Waals surface area (Å²) in [6.07, 6.45) is 7.31. The molecule has 6 nitrogen and oxygen atoms in total. The molecule has 1 heterocycles. The minimum atomic E-state index is -0.467. The molecule has 3 N–H and O–H groups in total. The largest absolute Gasteiger partial charge is 0.493 e. The lowest BCUT2D eigenvalue weighted by Gasteiger charge is -2.39. The van der Waals surface area contributed by atoms with Crippen LogP contribution in [-0.2, 0) is 10.3 Å². The topological polar surface area (TPSA) is 85.0 Å². The summed E-state index contributed by atoms with van der Waals surface area (Å²) in [5.74, 6) is 1.39. The van der Waals surface area contributed by atoms with Gasteiger partial charge in [-0.05, 0) is 63.0 Å². The van der Waals surface area contributed by atoms with Crippen LogP contribution < -0.4 is 15.2 Å². The number of allylic oxidation sites excluding steroid dienone is 3. The van der Waals surface area contributed by atoms with Gasteiger partial charge in [0.05, 0.1) is 24.8 Å². The highest BCUT2D eigenvalue weighted by Crippen LogP contribution is 2.41. The Kier molecular flexibility index (Phi) is 8.12. The number of hydrogen-bond donors (Lipinski definition) is 2. The maximum absolute atomic E-state index is 13.3. The van der Waals surface area contributed by atoms with Crippen LogP contribution in [0.1, 0.15) is 46.1 Å². The lowest BCUT2D eigenvalue weighted by molar-refractivity contribution is -0.131. The van der Waals surface area contributed by atoms with Crippen molar-refractivity contribution in [2.24, 2.45) is 5.73 Å². The number of amides is 1. The van der Waals surface area contributed by atoms with Gasteiger partial charge in [0.25, 0.3) is 5.91 Å². The third-order valence-electron chi connectivity index (χ3n) is 5.60. The van der Waals surface area contributed by atoms with E-state index in [1.807, 2.05) is 42.2 Å². The van der Waals surface area contributed by atoms with Crippen molar-refractivity contribution in [2.45, 2.75) is 46.1 Å². The Morgan fingerprint density at radius 2 is 1.93 bits per heavy atom. The van der Waals surface area contributed by atoms with E-state index < -0.39 is 5.54 Å². The van der Waals surface area contributed by atoms with Gasteiger partial charge in [0, 0.05) is 18.8 Å². The zero-order valence-corrected chi connectivity index (χ0v) is 18.7. The van der Waals surface area contributed by atoms with Crippen LogP contribution in [0.3, 0.4) is 0 Å². The summed E-state index contributed by atoms with van der Waals surface area (Å²) < 4.78 is 11.2. The molecule has 6 heteroatoms. The molecule has 0 spiro atoms. The van der Waals surface area contributed by atoms with E-state index in [0.29, 0.717) is 35.9 Å². The smallest absolute Gasteiger partial charge is 0.256 e. The molecule has 0 fully saturated rings. The van der Waals surface area contributed by atoms with Crippen molar-refractivity contribution in [1.82, 2.24) is 4.90 Å². The Labute approximate surface area is 179 Å². The van der Waals surface area contributed by atoms with Gasteiger partial charge in [-0.25, -0.2) is 0 Å². The van der Waals surface area contributed by atoms with Crippen molar-refractivity contribution in [2.75, 3.05) is 26.9 Å². The number of aliphatic hydroxyl groups excluding tert-OH is 1. The molecule has 0 bridgehead atoms. The Morgan fingerprint density at radius 1 is 1.23 bits per heavy atom. The van der Waals surface area contributed by atoms with Crippen molar-refractivity contribution in [3.63, 3.8) is 0 Å². The first kappa shape index (κ1) is 23.5. The van der Waals surface area contributed by atoms with Crippen LogP contribution in [0.15, 0.2) is 53.3 Å². The van der Waals surface area contributed by atoms with Crippen LogP contribution in [0.2, 0.25) is 0 Å². The van der Waals surface area contributed by atoms with Gasteiger partial charge in [-0.3, -0.25) is 4.79 Å². The first-order chi connectivity index (χ1) is 14.4. The zero-order chi connectivity index (χ0) is 22.3. The third kappa shape index (κ3) is 4.54. The van der Waals surface area contributed by atoms with Crippen LogP contribution in [0, 0.1) is 0 Å². The van der Waals surface area contributed by atoms with E-state index in [0.717, 1.165) is 24.0 Å². The highest BCUT2D eigenvalue weighted by molar-refractivity contribution is 6.01. The van der Waals surface area contributed by atoms with Gasteiger partial charge in [0.1, 0.15) is 0 Å². The van der Waals surface area contributed by atoms with Gasteiger partial charge >= 0.3 is 0 Å². The van der Waals surface area contributed by atoms with Crippen LogP contribution in [0.5, 0.6) is 11.5 Å². The molecule has 164 valence electrons. The van der Waals surface area contributed by atoms with Crippen molar-refractivity contribution in [3.8, 4) is 11.5 Å². The molecule has 3 rings (SSSR count). The van der Waals surface area contributed by atoms with Gasteiger partial charge in [-0.1, -0.05) is 25.1 Å². The van der Waals surface area contributed by atoms with Crippen molar-refractivity contribution in [3.05, 3.63) is 58.8 Å². The fourth-order valence-electron chi connectivity index (χ4n) is 3.82. The fourth-order valence-corrected chi connectivity index (χ4v) is 3.82. The normalized spacial score (nSPS) is 17.5. The van der Waals surface area contributed by atoms with E-state index in [1.165, 1.54) is 0 Å². The molecule has 1 aliphatic carbocycles. The number of aliphatic hydroxyl groups is 1. The number of rotatable bonds is 6. The lowest BCUT2D eigenvalue weighted by Crippen LogP contribution is -2.45. The monoisotopic (exact) mass is 414 g/mol. The Hall–Kier alpha value is -2.73. The molecular weight excluding hydrogens is 380 g/mol. The summed E-state index contributed by atoms with van der Waals surface area (Å²) in [7, 11) is 1.63. The summed E-state index contributed by atoms with van der Waals surface area (Å²) >= 11 is 0. The first-order valence-electron chi connectivity index (χ1n) is 10.5. The Balaban J connectivity index is 0.00000101. The van der Waals surface area contributed by atoms with E-state index in [9.17, 15) is 4.79 Å². The highest BCUT2D eigenvalue weighted by Gasteiger charge is 2.42. The van der Waals surface area contributed by atoms with E-state index in [1.54, 1.807) is 14.0 Å². The van der Waals surface area contributed by atoms with Crippen LogP contribution in [0.25, 0.3) is 0 Å². The SMILES string of the molecule is CCO.CCOc1cc(C(C)(CC)N2CC3=C(C2=O)C(N)=CC=CC3)ccc1OC. The summed E-state index contributed by atoms with van der Waals surface area (Å²) in [6, 6.07) is 5.91. The molecule has 1 amide bonds. The minimum absolute atomic E-state index is 0.000535. The summed E-state index contributed by atoms with van der Waals surface area (Å²) in [5, 5.41) is 7.57. The van der Waals surface area contributed by atoms with E-state index in [2.05, 4.69) is 19.9 Å². The number of carbonyl (C=O) groups is 1. The third-order valence-corrected chi connectivity index (χ3v) is 5.60. The van der Waals surface area contributed by atoms with Crippen LogP contribution >= 0.6 is 0 Å². The van der Waals surface area contributed by atoms with E-state index in [-0.39, 0.29) is 12.5 Å². The number of nitrogens with two attached hydrogens (primary N) is 1. The second-order valence-corrected chi connectivity index (χ2v) is 7.37. The minimum Gasteiger partial charge on any atom is -0.493 e. The Bertz CT molecular complexity index is 857. The number of benzene rings is 1. The molecule has 0 aromatic heterocycles. The van der Waals surface area contributed by atoms with Gasteiger partial charge in [-0.15, -0.1) is 0 Å². The average Bonchev–Trinajstić information content (AvgIpc) is 2.96. The molecule has 1 atom stereocenters. The van der Waals surface area contributed by atoms with Gasteiger partial charge < -0.3 is 25.2 Å². The molecule has 2 aliphatic rings. The second kappa shape index (κ2) is 10.3. The maximum atomic E-state index is 13.3. The quantitative estimate of drug-likeness (QED) is 0.742. The highest BCUT2D eigenvalue weighted by atomic mass is 16.5. The molecule has 0 saturated carbocycles. The zero-order valence-electron chi connectivity index (χ0n) is 18.7. The fraction of sp³-hybridized carbons (Fsp3) is 0.458. The average molecular weight is 415 g/mol.